The fraction of sp³-hybridized carbons (Fsp3) is 0.417. The Bertz CT molecular complexity index is 543. The molecule has 1 rings (SSSR count). The number of nitrogens with zero attached hydrogens (tertiary/aromatic N) is 1. The molecule has 0 unspecified atom stereocenters. The van der Waals surface area contributed by atoms with Crippen LogP contribution in [0.5, 0.6) is 0 Å². The van der Waals surface area contributed by atoms with E-state index in [-0.39, 0.29) is 23.2 Å². The van der Waals surface area contributed by atoms with Crippen LogP contribution >= 0.6 is 11.6 Å². The molecule has 0 saturated heterocycles. The van der Waals surface area contributed by atoms with E-state index >= 15 is 0 Å². The van der Waals surface area contributed by atoms with Crippen molar-refractivity contribution in [2.75, 3.05) is 11.9 Å². The van der Waals surface area contributed by atoms with Crippen LogP contribution in [0.2, 0.25) is 5.02 Å². The summed E-state index contributed by atoms with van der Waals surface area (Å²) in [5.74, 6) is -1.23. The van der Waals surface area contributed by atoms with Crippen molar-refractivity contribution in [1.82, 2.24) is 5.32 Å². The number of amides is 1. The Morgan fingerprint density at radius 3 is 2.55 bits per heavy atom. The van der Waals surface area contributed by atoms with Crippen molar-refractivity contribution in [3.8, 4) is 0 Å². The second-order valence-corrected chi connectivity index (χ2v) is 5.60. The van der Waals surface area contributed by atoms with Gasteiger partial charge in [0.25, 0.3) is 5.69 Å². The van der Waals surface area contributed by atoms with Crippen molar-refractivity contribution in [3.63, 3.8) is 0 Å². The molecule has 0 aliphatic rings. The summed E-state index contributed by atoms with van der Waals surface area (Å²) in [6.07, 6.45) is 0. The van der Waals surface area contributed by atoms with Crippen molar-refractivity contribution in [3.05, 3.63) is 33.1 Å². The average Bonchev–Trinajstić information content (AvgIpc) is 2.27. The van der Waals surface area contributed by atoms with Crippen LogP contribution in [-0.2, 0) is 4.79 Å². The van der Waals surface area contributed by atoms with Crippen molar-refractivity contribution < 1.29 is 14.1 Å². The molecule has 2 N–H and O–H groups in total. The standard InChI is InChI=1S/C12H15ClFN3O3/c1-12(2,3)16-11(18)6-15-9-4-7(13)8(14)5-10(9)17(19)20/h4-5,15H,6H2,1-3H3,(H,16,18). The normalized spacial score (nSPS) is 11.1. The minimum Gasteiger partial charge on any atom is -0.371 e. The Morgan fingerprint density at radius 2 is 2.05 bits per heavy atom. The number of rotatable bonds is 4. The zero-order valence-electron chi connectivity index (χ0n) is 11.3. The molecule has 1 aromatic rings. The first-order valence-corrected chi connectivity index (χ1v) is 6.16. The van der Waals surface area contributed by atoms with Gasteiger partial charge in [0, 0.05) is 5.54 Å². The van der Waals surface area contributed by atoms with Gasteiger partial charge in [0.05, 0.1) is 22.6 Å². The molecule has 6 nitrogen and oxygen atoms in total. The summed E-state index contributed by atoms with van der Waals surface area (Å²) in [4.78, 5) is 21.7. The molecule has 0 aromatic heterocycles. The lowest BCUT2D eigenvalue weighted by Gasteiger charge is -2.20. The summed E-state index contributed by atoms with van der Waals surface area (Å²) in [5, 5.41) is 15.8. The van der Waals surface area contributed by atoms with Gasteiger partial charge in [-0.25, -0.2) is 4.39 Å². The van der Waals surface area contributed by atoms with Crippen LogP contribution in [-0.4, -0.2) is 22.9 Å². The second-order valence-electron chi connectivity index (χ2n) is 5.19. The molecule has 1 aromatic carbocycles. The van der Waals surface area contributed by atoms with E-state index in [1.54, 1.807) is 0 Å². The highest BCUT2D eigenvalue weighted by molar-refractivity contribution is 6.31. The first-order chi connectivity index (χ1) is 9.10. The molecule has 8 heteroatoms. The lowest BCUT2D eigenvalue weighted by molar-refractivity contribution is -0.384. The number of hydrogen-bond acceptors (Lipinski definition) is 4. The maximum absolute atomic E-state index is 13.2. The highest BCUT2D eigenvalue weighted by Crippen LogP contribution is 2.30. The van der Waals surface area contributed by atoms with E-state index in [9.17, 15) is 19.3 Å². The number of nitro groups is 1. The second kappa shape index (κ2) is 6.04. The van der Waals surface area contributed by atoms with E-state index in [4.69, 9.17) is 11.6 Å². The van der Waals surface area contributed by atoms with E-state index in [0.29, 0.717) is 6.07 Å². The molecular formula is C12H15ClFN3O3. The molecule has 0 heterocycles. The first kappa shape index (κ1) is 16.2. The van der Waals surface area contributed by atoms with Gasteiger partial charge in [-0.2, -0.15) is 0 Å². The molecule has 20 heavy (non-hydrogen) atoms. The number of halogens is 2. The Labute approximate surface area is 120 Å². The monoisotopic (exact) mass is 303 g/mol. The van der Waals surface area contributed by atoms with Crippen LogP contribution in [0.4, 0.5) is 15.8 Å². The average molecular weight is 304 g/mol. The fourth-order valence-corrected chi connectivity index (χ4v) is 1.63. The Balaban J connectivity index is 2.85. The summed E-state index contributed by atoms with van der Waals surface area (Å²) in [7, 11) is 0. The Kier molecular flexibility index (Phi) is 4.88. The molecule has 0 radical (unpaired) electrons. The van der Waals surface area contributed by atoms with Gasteiger partial charge >= 0.3 is 0 Å². The number of carbonyl (C=O) groups excluding carboxylic acids is 1. The van der Waals surface area contributed by atoms with Crippen molar-refractivity contribution in [1.29, 1.82) is 0 Å². The quantitative estimate of drug-likeness (QED) is 0.661. The molecule has 0 saturated carbocycles. The topological polar surface area (TPSA) is 84.3 Å². The number of anilines is 1. The zero-order chi connectivity index (χ0) is 15.5. The first-order valence-electron chi connectivity index (χ1n) is 5.78. The highest BCUT2D eigenvalue weighted by Gasteiger charge is 2.19. The Morgan fingerprint density at radius 1 is 1.45 bits per heavy atom. The highest BCUT2D eigenvalue weighted by atomic mass is 35.5. The minimum absolute atomic E-state index is 0.00883. The van der Waals surface area contributed by atoms with Gasteiger partial charge < -0.3 is 10.6 Å². The molecule has 0 spiro atoms. The third-order valence-electron chi connectivity index (χ3n) is 2.19. The predicted octanol–water partition coefficient (Wildman–Crippen LogP) is 2.71. The number of benzene rings is 1. The SMILES string of the molecule is CC(C)(C)NC(=O)CNc1cc(Cl)c(F)cc1[N+](=O)[O-]. The number of nitro benzene ring substituents is 1. The molecule has 110 valence electrons. The minimum atomic E-state index is -0.886. The fourth-order valence-electron chi connectivity index (χ4n) is 1.47. The van der Waals surface area contributed by atoms with Gasteiger partial charge in [-0.15, -0.1) is 0 Å². The maximum Gasteiger partial charge on any atom is 0.295 e. The van der Waals surface area contributed by atoms with Crippen molar-refractivity contribution in [2.24, 2.45) is 0 Å². The van der Waals surface area contributed by atoms with E-state index in [1.165, 1.54) is 0 Å². The molecule has 0 atom stereocenters. The lowest BCUT2D eigenvalue weighted by Crippen LogP contribution is -2.43. The summed E-state index contributed by atoms with van der Waals surface area (Å²) in [6, 6.07) is 1.80. The number of hydrogen-bond donors (Lipinski definition) is 2. The molecule has 0 aliphatic heterocycles. The van der Waals surface area contributed by atoms with Crippen molar-refractivity contribution in [2.45, 2.75) is 26.3 Å². The van der Waals surface area contributed by atoms with Gasteiger partial charge in [0.1, 0.15) is 11.5 Å². The summed E-state index contributed by atoms with van der Waals surface area (Å²) < 4.78 is 13.2. The van der Waals surface area contributed by atoms with E-state index in [0.717, 1.165) is 6.07 Å². The third kappa shape index (κ3) is 4.65. The van der Waals surface area contributed by atoms with Crippen LogP contribution in [0.3, 0.4) is 0 Å². The van der Waals surface area contributed by atoms with Crippen LogP contribution in [0.15, 0.2) is 12.1 Å². The molecule has 1 amide bonds. The van der Waals surface area contributed by atoms with Gasteiger partial charge in [0.15, 0.2) is 0 Å². The van der Waals surface area contributed by atoms with Crippen molar-refractivity contribution >= 4 is 28.9 Å². The number of nitrogens with one attached hydrogen (secondary N) is 2. The molecule has 0 aliphatic carbocycles. The smallest absolute Gasteiger partial charge is 0.295 e. The summed E-state index contributed by atoms with van der Waals surface area (Å²) in [6.45, 7) is 5.24. The Hall–Kier alpha value is -1.89. The third-order valence-corrected chi connectivity index (χ3v) is 2.48. The van der Waals surface area contributed by atoms with Gasteiger partial charge in [-0.1, -0.05) is 11.6 Å². The predicted molar refractivity (Wildman–Crippen MR) is 74.4 cm³/mol. The molecular weight excluding hydrogens is 289 g/mol. The summed E-state index contributed by atoms with van der Waals surface area (Å²) >= 11 is 5.57. The van der Waals surface area contributed by atoms with Crippen LogP contribution < -0.4 is 10.6 Å². The van der Waals surface area contributed by atoms with E-state index < -0.39 is 22.0 Å². The molecule has 0 fully saturated rings. The van der Waals surface area contributed by atoms with Gasteiger partial charge in [0.2, 0.25) is 5.91 Å². The van der Waals surface area contributed by atoms with Gasteiger partial charge in [-0.05, 0) is 26.8 Å². The number of carbonyl (C=O) groups is 1. The summed E-state index contributed by atoms with van der Waals surface area (Å²) in [5.41, 5.74) is -0.897. The van der Waals surface area contributed by atoms with Crippen LogP contribution in [0.25, 0.3) is 0 Å². The molecule has 0 bridgehead atoms. The van der Waals surface area contributed by atoms with Crippen LogP contribution in [0, 0.1) is 15.9 Å². The van der Waals surface area contributed by atoms with Gasteiger partial charge in [-0.3, -0.25) is 14.9 Å². The van der Waals surface area contributed by atoms with E-state index in [2.05, 4.69) is 10.6 Å². The lowest BCUT2D eigenvalue weighted by atomic mass is 10.1. The van der Waals surface area contributed by atoms with Crippen LogP contribution in [0.1, 0.15) is 20.8 Å². The largest absolute Gasteiger partial charge is 0.371 e. The zero-order valence-corrected chi connectivity index (χ0v) is 12.0. The maximum atomic E-state index is 13.2. The van der Waals surface area contributed by atoms with E-state index in [1.807, 2.05) is 20.8 Å².